The molecular weight excluding hydrogens is 308 g/mol. The van der Waals surface area contributed by atoms with Crippen LogP contribution >= 0.6 is 0 Å². The second-order valence-corrected chi connectivity index (χ2v) is 8.12. The van der Waals surface area contributed by atoms with Gasteiger partial charge in [0.25, 0.3) is 0 Å². The topological polar surface area (TPSA) is 96.6 Å². The highest BCUT2D eigenvalue weighted by Crippen LogP contribution is 2.40. The average Bonchev–Trinajstić information content (AvgIpc) is 3.00. The van der Waals surface area contributed by atoms with Crippen molar-refractivity contribution in [2.45, 2.75) is 37.6 Å². The van der Waals surface area contributed by atoms with Gasteiger partial charge in [0.2, 0.25) is 21.8 Å². The quantitative estimate of drug-likeness (QED) is 0.781. The number of carbonyl (C=O) groups excluding carboxylic acids is 1. The molecule has 2 aliphatic rings. The van der Waals surface area contributed by atoms with Crippen molar-refractivity contribution in [3.05, 3.63) is 11.7 Å². The van der Waals surface area contributed by atoms with Gasteiger partial charge >= 0.3 is 0 Å². The molecule has 9 heteroatoms. The Hall–Kier alpha value is -1.48. The van der Waals surface area contributed by atoms with Gasteiger partial charge in [0.1, 0.15) is 0 Å². The molecule has 1 aliphatic heterocycles. The summed E-state index contributed by atoms with van der Waals surface area (Å²) in [5, 5.41) is 4.01. The van der Waals surface area contributed by atoms with Gasteiger partial charge in [-0.25, -0.2) is 8.42 Å². The highest BCUT2D eigenvalue weighted by Gasteiger charge is 2.36. The highest BCUT2D eigenvalue weighted by molar-refractivity contribution is 7.88. The molecule has 1 saturated carbocycles. The van der Waals surface area contributed by atoms with E-state index in [-0.39, 0.29) is 18.5 Å². The molecule has 22 heavy (non-hydrogen) atoms. The van der Waals surface area contributed by atoms with Gasteiger partial charge in [0, 0.05) is 19.5 Å². The van der Waals surface area contributed by atoms with Crippen molar-refractivity contribution in [2.75, 3.05) is 26.4 Å². The summed E-state index contributed by atoms with van der Waals surface area (Å²) in [5.41, 5.74) is 0. The second-order valence-electron chi connectivity index (χ2n) is 6.03. The first-order chi connectivity index (χ1) is 10.4. The Labute approximate surface area is 129 Å². The van der Waals surface area contributed by atoms with E-state index in [1.807, 2.05) is 0 Å². The zero-order chi connectivity index (χ0) is 15.9. The number of amides is 1. The Balaban J connectivity index is 1.70. The average molecular weight is 328 g/mol. The number of sulfonamides is 1. The summed E-state index contributed by atoms with van der Waals surface area (Å²) in [5.74, 6) is 1.34. The Kier molecular flexibility index (Phi) is 3.94. The van der Waals surface area contributed by atoms with E-state index in [2.05, 4.69) is 10.1 Å². The summed E-state index contributed by atoms with van der Waals surface area (Å²) < 4.78 is 29.2. The fraction of sp³-hybridized carbons (Fsp3) is 0.769. The first-order valence-corrected chi connectivity index (χ1v) is 9.25. The summed E-state index contributed by atoms with van der Waals surface area (Å²) in [6.45, 7) is 0.428. The van der Waals surface area contributed by atoms with E-state index in [1.54, 1.807) is 4.90 Å². The number of carbonyl (C=O) groups is 1. The molecule has 0 unspecified atom stereocenters. The summed E-state index contributed by atoms with van der Waals surface area (Å²) in [7, 11) is -1.97. The van der Waals surface area contributed by atoms with Crippen molar-refractivity contribution >= 4 is 15.9 Å². The lowest BCUT2D eigenvalue weighted by Crippen LogP contribution is -2.40. The molecule has 1 saturated heterocycles. The first-order valence-electron chi connectivity index (χ1n) is 7.40. The van der Waals surface area contributed by atoms with Gasteiger partial charge in [-0.05, 0) is 25.7 Å². The molecule has 2 heterocycles. The van der Waals surface area contributed by atoms with Crippen molar-refractivity contribution in [1.29, 1.82) is 0 Å². The number of likely N-dealkylation sites (N-methyl/N-ethyl adjacent to an activating group) is 1. The molecule has 2 fully saturated rings. The molecule has 122 valence electrons. The monoisotopic (exact) mass is 328 g/mol. The molecule has 0 spiro atoms. The van der Waals surface area contributed by atoms with Crippen LogP contribution in [0.2, 0.25) is 0 Å². The molecule has 3 rings (SSSR count). The van der Waals surface area contributed by atoms with E-state index in [0.717, 1.165) is 36.2 Å². The molecule has 8 nitrogen and oxygen atoms in total. The van der Waals surface area contributed by atoms with Crippen LogP contribution in [-0.4, -0.2) is 60.1 Å². The number of nitrogens with zero attached hydrogens (tertiary/aromatic N) is 4. The molecule has 0 aromatic carbocycles. The third-order valence-electron chi connectivity index (χ3n) is 4.18. The number of hydrogen-bond acceptors (Lipinski definition) is 6. The zero-order valence-electron chi connectivity index (χ0n) is 12.7. The minimum Gasteiger partial charge on any atom is -0.339 e. The maximum absolute atomic E-state index is 12.4. The largest absolute Gasteiger partial charge is 0.339 e. The molecule has 0 radical (unpaired) electrons. The van der Waals surface area contributed by atoms with E-state index in [9.17, 15) is 13.2 Å². The lowest BCUT2D eigenvalue weighted by molar-refractivity contribution is -0.132. The van der Waals surface area contributed by atoms with Gasteiger partial charge in [0.05, 0.1) is 18.8 Å². The van der Waals surface area contributed by atoms with Crippen LogP contribution in [0.15, 0.2) is 4.52 Å². The minimum atomic E-state index is -3.37. The van der Waals surface area contributed by atoms with Crippen LogP contribution in [0.25, 0.3) is 0 Å². The Morgan fingerprint density at radius 3 is 2.77 bits per heavy atom. The third-order valence-corrected chi connectivity index (χ3v) is 5.44. The zero-order valence-corrected chi connectivity index (χ0v) is 13.5. The molecule has 0 bridgehead atoms. The van der Waals surface area contributed by atoms with Gasteiger partial charge in [-0.15, -0.1) is 0 Å². The van der Waals surface area contributed by atoms with Gasteiger partial charge in [-0.2, -0.15) is 9.29 Å². The lowest BCUT2D eigenvalue weighted by atomic mass is 10.2. The fourth-order valence-electron chi connectivity index (χ4n) is 2.61. The number of rotatable bonds is 5. The smallest absolute Gasteiger partial charge is 0.238 e. The molecule has 1 atom stereocenters. The normalized spacial score (nSPS) is 22.5. The molecular formula is C13H20N4O4S. The third kappa shape index (κ3) is 3.14. The molecule has 0 N–H and O–H groups in total. The van der Waals surface area contributed by atoms with Gasteiger partial charge in [0.15, 0.2) is 5.82 Å². The maximum Gasteiger partial charge on any atom is 0.238 e. The van der Waals surface area contributed by atoms with E-state index < -0.39 is 10.0 Å². The standard InChI is InChI=1S/C13H20N4O4S/c1-16(22(2,19)20)8-11(18)17-7-3-4-10(17)12-14-13(21-15-12)9-5-6-9/h9-10H,3-8H2,1-2H3/t10-/m1/s1. The highest BCUT2D eigenvalue weighted by atomic mass is 32.2. The van der Waals surface area contributed by atoms with E-state index in [4.69, 9.17) is 4.52 Å². The van der Waals surface area contributed by atoms with Crippen LogP contribution in [-0.2, 0) is 14.8 Å². The minimum absolute atomic E-state index is 0.164. The van der Waals surface area contributed by atoms with Gasteiger partial charge < -0.3 is 9.42 Å². The van der Waals surface area contributed by atoms with Crippen LogP contribution in [0.3, 0.4) is 0 Å². The van der Waals surface area contributed by atoms with Gasteiger partial charge in [-0.3, -0.25) is 4.79 Å². The number of likely N-dealkylation sites (tertiary alicyclic amines) is 1. The van der Waals surface area contributed by atoms with E-state index >= 15 is 0 Å². The van der Waals surface area contributed by atoms with E-state index in [1.165, 1.54) is 7.05 Å². The molecule has 1 aromatic heterocycles. The molecule has 1 aromatic rings. The Morgan fingerprint density at radius 1 is 1.41 bits per heavy atom. The lowest BCUT2D eigenvalue weighted by Gasteiger charge is -2.24. The van der Waals surface area contributed by atoms with Crippen molar-refractivity contribution in [2.24, 2.45) is 0 Å². The van der Waals surface area contributed by atoms with Crippen LogP contribution in [0.5, 0.6) is 0 Å². The van der Waals surface area contributed by atoms with E-state index in [0.29, 0.717) is 24.2 Å². The second kappa shape index (κ2) is 5.62. The Morgan fingerprint density at radius 2 is 2.14 bits per heavy atom. The Bertz CT molecular complexity index is 667. The van der Waals surface area contributed by atoms with Crippen LogP contribution in [0.4, 0.5) is 0 Å². The van der Waals surface area contributed by atoms with Crippen molar-refractivity contribution in [3.8, 4) is 0 Å². The molecule has 1 amide bonds. The van der Waals surface area contributed by atoms with Crippen molar-refractivity contribution in [3.63, 3.8) is 0 Å². The van der Waals surface area contributed by atoms with Crippen LogP contribution in [0, 0.1) is 0 Å². The summed E-state index contributed by atoms with van der Waals surface area (Å²) >= 11 is 0. The van der Waals surface area contributed by atoms with Crippen molar-refractivity contribution in [1.82, 2.24) is 19.3 Å². The number of aromatic nitrogens is 2. The summed E-state index contributed by atoms with van der Waals surface area (Å²) in [6, 6.07) is -0.211. The number of hydrogen-bond donors (Lipinski definition) is 0. The fourth-order valence-corrected chi connectivity index (χ4v) is 2.96. The predicted octanol–water partition coefficient (Wildman–Crippen LogP) is 0.502. The summed E-state index contributed by atoms with van der Waals surface area (Å²) in [4.78, 5) is 18.4. The molecule has 1 aliphatic carbocycles. The summed E-state index contributed by atoms with van der Waals surface area (Å²) in [6.07, 6.45) is 4.87. The van der Waals surface area contributed by atoms with Crippen LogP contribution in [0.1, 0.15) is 49.4 Å². The van der Waals surface area contributed by atoms with Crippen LogP contribution < -0.4 is 0 Å². The van der Waals surface area contributed by atoms with Gasteiger partial charge in [-0.1, -0.05) is 5.16 Å². The SMILES string of the molecule is CN(CC(=O)N1CCC[C@@H]1c1noc(C2CC2)n1)S(C)(=O)=O. The maximum atomic E-state index is 12.4. The predicted molar refractivity (Wildman–Crippen MR) is 77.4 cm³/mol. The first kappa shape index (κ1) is 15.4. The van der Waals surface area contributed by atoms with Crippen molar-refractivity contribution < 1.29 is 17.7 Å².